The Kier molecular flexibility index (Phi) is 7.28. The van der Waals surface area contributed by atoms with Gasteiger partial charge in [0.05, 0.1) is 0 Å². The Morgan fingerprint density at radius 3 is 2.88 bits per heavy atom. The van der Waals surface area contributed by atoms with Crippen molar-refractivity contribution >= 4 is 52.7 Å². The maximum atomic E-state index is 5.84. The van der Waals surface area contributed by atoms with Gasteiger partial charge in [0.15, 0.2) is 5.96 Å². The van der Waals surface area contributed by atoms with Gasteiger partial charge in [0.1, 0.15) is 11.3 Å². The van der Waals surface area contributed by atoms with Gasteiger partial charge in [0.2, 0.25) is 0 Å². The van der Waals surface area contributed by atoms with Gasteiger partial charge in [-0.25, -0.2) is 0 Å². The molecule has 0 saturated carbocycles. The van der Waals surface area contributed by atoms with Crippen molar-refractivity contribution in [2.24, 2.45) is 4.99 Å². The molecule has 24 heavy (non-hydrogen) atoms. The highest BCUT2D eigenvalue weighted by atomic mass is 127. The van der Waals surface area contributed by atoms with Crippen LogP contribution in [0.4, 0.5) is 0 Å². The number of para-hydroxylation sites is 1. The van der Waals surface area contributed by atoms with E-state index in [1.807, 2.05) is 25.2 Å². The highest BCUT2D eigenvalue weighted by molar-refractivity contribution is 14.0. The van der Waals surface area contributed by atoms with E-state index in [1.54, 1.807) is 0 Å². The van der Waals surface area contributed by atoms with Crippen molar-refractivity contribution in [2.75, 3.05) is 25.9 Å². The summed E-state index contributed by atoms with van der Waals surface area (Å²) in [6.45, 7) is 4.10. The second-order valence-electron chi connectivity index (χ2n) is 6.26. The molecule has 2 heterocycles. The molecule has 0 amide bonds. The van der Waals surface area contributed by atoms with Crippen molar-refractivity contribution in [1.82, 2.24) is 10.6 Å². The van der Waals surface area contributed by atoms with Gasteiger partial charge in [-0.15, -0.1) is 24.0 Å². The summed E-state index contributed by atoms with van der Waals surface area (Å²) in [5.74, 6) is 3.15. The fourth-order valence-electron chi connectivity index (χ4n) is 2.93. The van der Waals surface area contributed by atoms with Crippen LogP contribution in [0.3, 0.4) is 0 Å². The van der Waals surface area contributed by atoms with E-state index < -0.39 is 0 Å². The van der Waals surface area contributed by atoms with Gasteiger partial charge < -0.3 is 15.1 Å². The van der Waals surface area contributed by atoms with Crippen molar-refractivity contribution in [2.45, 2.75) is 30.9 Å². The molecule has 1 aromatic heterocycles. The van der Waals surface area contributed by atoms with Gasteiger partial charge in [-0.1, -0.05) is 18.2 Å². The van der Waals surface area contributed by atoms with Gasteiger partial charge in [-0.2, -0.15) is 11.8 Å². The van der Waals surface area contributed by atoms with E-state index in [-0.39, 0.29) is 24.0 Å². The number of guanidine groups is 1. The summed E-state index contributed by atoms with van der Waals surface area (Å²) in [6, 6.07) is 10.2. The van der Waals surface area contributed by atoms with Crippen LogP contribution in [0, 0.1) is 0 Å². The van der Waals surface area contributed by atoms with Crippen LogP contribution >= 0.6 is 35.7 Å². The molecule has 6 heteroatoms. The molecule has 1 aromatic carbocycles. The van der Waals surface area contributed by atoms with Gasteiger partial charge in [-0.3, -0.25) is 4.99 Å². The van der Waals surface area contributed by atoms with Gasteiger partial charge in [-0.05, 0) is 37.7 Å². The first-order valence-electron chi connectivity index (χ1n) is 8.24. The average molecular weight is 459 g/mol. The van der Waals surface area contributed by atoms with Crippen LogP contribution in [-0.2, 0) is 6.42 Å². The largest absolute Gasteiger partial charge is 0.461 e. The summed E-state index contributed by atoms with van der Waals surface area (Å²) in [4.78, 5) is 4.31. The fourth-order valence-corrected chi connectivity index (χ4v) is 4.18. The Morgan fingerprint density at radius 1 is 1.33 bits per heavy atom. The molecule has 1 fully saturated rings. The van der Waals surface area contributed by atoms with E-state index >= 15 is 0 Å². The molecule has 1 saturated heterocycles. The van der Waals surface area contributed by atoms with Crippen molar-refractivity contribution in [3.8, 4) is 0 Å². The molecule has 132 valence electrons. The third kappa shape index (κ3) is 5.05. The van der Waals surface area contributed by atoms with Crippen LogP contribution in [0.15, 0.2) is 39.7 Å². The molecule has 0 spiro atoms. The number of nitrogens with zero attached hydrogens (tertiary/aromatic N) is 1. The zero-order valence-electron chi connectivity index (χ0n) is 14.3. The van der Waals surface area contributed by atoms with Crippen molar-refractivity contribution in [3.63, 3.8) is 0 Å². The third-order valence-corrected chi connectivity index (χ3v) is 5.83. The Labute approximate surface area is 165 Å². The molecule has 3 rings (SSSR count). The smallest absolute Gasteiger partial charge is 0.191 e. The Bertz CT molecular complexity index is 647. The molecule has 4 nitrogen and oxygen atoms in total. The van der Waals surface area contributed by atoms with Crippen molar-refractivity contribution < 1.29 is 4.42 Å². The number of benzene rings is 1. The highest BCUT2D eigenvalue weighted by Crippen LogP contribution is 2.36. The number of hydrogen-bond donors (Lipinski definition) is 2. The minimum absolute atomic E-state index is 0. The third-order valence-electron chi connectivity index (χ3n) is 4.29. The Morgan fingerprint density at radius 2 is 2.17 bits per heavy atom. The molecule has 1 aliphatic rings. The maximum Gasteiger partial charge on any atom is 0.191 e. The Balaban J connectivity index is 0.00000208. The van der Waals surface area contributed by atoms with Crippen LogP contribution in [0.1, 0.15) is 25.5 Å². The lowest BCUT2D eigenvalue weighted by molar-refractivity contribution is 0.542. The number of hydrogen-bond acceptors (Lipinski definition) is 3. The number of halogens is 1. The van der Waals surface area contributed by atoms with Crippen molar-refractivity contribution in [3.05, 3.63) is 36.1 Å². The van der Waals surface area contributed by atoms with Crippen LogP contribution in [-0.4, -0.2) is 36.6 Å². The first kappa shape index (κ1) is 19.4. The van der Waals surface area contributed by atoms with Gasteiger partial charge in [0, 0.05) is 36.7 Å². The normalized spacial score (nSPS) is 20.8. The van der Waals surface area contributed by atoms with E-state index in [1.165, 1.54) is 18.6 Å². The molecule has 0 aliphatic carbocycles. The number of rotatable bonds is 5. The van der Waals surface area contributed by atoms with E-state index in [2.05, 4.69) is 46.4 Å². The van der Waals surface area contributed by atoms with Crippen molar-refractivity contribution in [1.29, 1.82) is 0 Å². The quantitative estimate of drug-likeness (QED) is 0.403. The molecule has 0 radical (unpaired) electrons. The summed E-state index contributed by atoms with van der Waals surface area (Å²) in [5, 5.41) is 7.99. The average Bonchev–Trinajstić information content (AvgIpc) is 3.17. The lowest BCUT2D eigenvalue weighted by atomic mass is 10.1. The topological polar surface area (TPSA) is 49.6 Å². The second kappa shape index (κ2) is 8.99. The first-order chi connectivity index (χ1) is 11.2. The van der Waals surface area contributed by atoms with E-state index in [9.17, 15) is 0 Å². The van der Waals surface area contributed by atoms with Crippen LogP contribution in [0.25, 0.3) is 11.0 Å². The molecule has 1 aliphatic heterocycles. The maximum absolute atomic E-state index is 5.84. The lowest BCUT2D eigenvalue weighted by Crippen LogP contribution is -2.44. The van der Waals surface area contributed by atoms with Gasteiger partial charge >= 0.3 is 0 Å². The van der Waals surface area contributed by atoms with Gasteiger partial charge in [0.25, 0.3) is 0 Å². The van der Waals surface area contributed by atoms with Crippen LogP contribution < -0.4 is 10.6 Å². The van der Waals surface area contributed by atoms with Crippen LogP contribution in [0.2, 0.25) is 0 Å². The molecule has 1 atom stereocenters. The summed E-state index contributed by atoms with van der Waals surface area (Å²) in [7, 11) is 1.82. The van der Waals surface area contributed by atoms with E-state index in [4.69, 9.17) is 4.42 Å². The zero-order chi connectivity index (χ0) is 16.1. The predicted octanol–water partition coefficient (Wildman–Crippen LogP) is 4.04. The monoisotopic (exact) mass is 459 g/mol. The highest BCUT2D eigenvalue weighted by Gasteiger charge is 2.29. The molecule has 0 bridgehead atoms. The molecule has 1 unspecified atom stereocenters. The first-order valence-corrected chi connectivity index (χ1v) is 9.23. The van der Waals surface area contributed by atoms with E-state index in [0.717, 1.165) is 42.2 Å². The standard InChI is InChI=1S/C18H25N3OS.HI/c1-18(9-5-11-23-18)13-21-17(19-2)20-10-8-15-12-14-6-3-4-7-16(14)22-15;/h3-4,6-7,12H,5,8-11,13H2,1-2H3,(H2,19,20,21);1H. The minimum Gasteiger partial charge on any atom is -0.461 e. The molecular formula is C18H26IN3OS. The SMILES string of the molecule is CN=C(NCCc1cc2ccccc2o1)NCC1(C)CCCS1.I. The minimum atomic E-state index is 0. The number of fused-ring (bicyclic) bond motifs is 1. The second-order valence-corrected chi connectivity index (χ2v) is 7.94. The predicted molar refractivity (Wildman–Crippen MR) is 115 cm³/mol. The van der Waals surface area contributed by atoms with E-state index in [0.29, 0.717) is 4.75 Å². The number of nitrogens with one attached hydrogen (secondary N) is 2. The summed E-state index contributed by atoms with van der Waals surface area (Å²) < 4.78 is 6.18. The Hall–Kier alpha value is -0.890. The molecule has 2 N–H and O–H groups in total. The molecule has 2 aromatic rings. The number of thioether (sulfide) groups is 1. The fraction of sp³-hybridized carbons (Fsp3) is 0.500. The van der Waals surface area contributed by atoms with Crippen LogP contribution in [0.5, 0.6) is 0 Å². The number of aliphatic imine (C=N–C) groups is 1. The molecular weight excluding hydrogens is 433 g/mol. The zero-order valence-corrected chi connectivity index (χ0v) is 17.4. The lowest BCUT2D eigenvalue weighted by Gasteiger charge is -2.24. The summed E-state index contributed by atoms with van der Waals surface area (Å²) in [5.41, 5.74) is 0.955. The summed E-state index contributed by atoms with van der Waals surface area (Å²) in [6.07, 6.45) is 3.45. The summed E-state index contributed by atoms with van der Waals surface area (Å²) >= 11 is 2.06. The number of furan rings is 1.